The minimum Gasteiger partial charge on any atom is -0.407 e. The molecule has 0 aliphatic heterocycles. The van der Waals surface area contributed by atoms with Gasteiger partial charge in [0.25, 0.3) is 5.69 Å². The fraction of sp³-hybridized carbons (Fsp3) is 0.176. The number of rotatable bonds is 6. The summed E-state index contributed by atoms with van der Waals surface area (Å²) in [7, 11) is 0. The van der Waals surface area contributed by atoms with Gasteiger partial charge in [0, 0.05) is 23.5 Å². The first-order valence-electron chi connectivity index (χ1n) is 7.88. The lowest BCUT2D eigenvalue weighted by molar-refractivity contribution is -0.384. The number of oxazole rings is 1. The Bertz CT molecular complexity index is 1090. The van der Waals surface area contributed by atoms with Crippen LogP contribution < -0.4 is 11.1 Å². The van der Waals surface area contributed by atoms with Gasteiger partial charge in [0.2, 0.25) is 5.91 Å². The van der Waals surface area contributed by atoms with Crippen molar-refractivity contribution in [3.8, 4) is 0 Å². The average molecular weight is 438 g/mol. The van der Waals surface area contributed by atoms with E-state index in [0.717, 1.165) is 0 Å². The number of carbonyl (C=O) groups is 1. The van der Waals surface area contributed by atoms with Gasteiger partial charge in [-0.15, -0.1) is 0 Å². The van der Waals surface area contributed by atoms with E-state index in [1.165, 1.54) is 34.9 Å². The van der Waals surface area contributed by atoms with E-state index >= 15 is 0 Å². The molecule has 0 spiro atoms. The molecule has 0 aliphatic carbocycles. The number of nitrogens with zero attached hydrogens (tertiary/aromatic N) is 2. The zero-order valence-corrected chi connectivity index (χ0v) is 15.4. The predicted octanol–water partition coefficient (Wildman–Crippen LogP) is 3.82. The molecular formula is C17H13BrFN3O5. The van der Waals surface area contributed by atoms with Crippen molar-refractivity contribution in [1.29, 1.82) is 0 Å². The topological polar surface area (TPSA) is 107 Å². The maximum Gasteiger partial charge on any atom is 0.419 e. The highest BCUT2D eigenvalue weighted by atomic mass is 79.9. The van der Waals surface area contributed by atoms with Crippen molar-refractivity contribution in [3.63, 3.8) is 0 Å². The lowest BCUT2D eigenvalue weighted by atomic mass is 10.2. The number of amides is 1. The van der Waals surface area contributed by atoms with Crippen LogP contribution in [-0.2, 0) is 11.3 Å². The lowest BCUT2D eigenvalue weighted by Crippen LogP contribution is -2.17. The fourth-order valence-electron chi connectivity index (χ4n) is 2.58. The molecule has 0 saturated heterocycles. The van der Waals surface area contributed by atoms with Gasteiger partial charge in [-0.25, -0.2) is 9.18 Å². The van der Waals surface area contributed by atoms with Gasteiger partial charge in [0.15, 0.2) is 5.58 Å². The van der Waals surface area contributed by atoms with E-state index in [1.807, 2.05) is 0 Å². The Morgan fingerprint density at radius 1 is 1.30 bits per heavy atom. The molecule has 0 bridgehead atoms. The molecule has 10 heteroatoms. The van der Waals surface area contributed by atoms with Gasteiger partial charge < -0.3 is 9.73 Å². The van der Waals surface area contributed by atoms with Crippen molar-refractivity contribution >= 4 is 44.3 Å². The number of halogens is 2. The third kappa shape index (κ3) is 4.22. The van der Waals surface area contributed by atoms with Crippen LogP contribution in [0.15, 0.2) is 50.1 Å². The van der Waals surface area contributed by atoms with Gasteiger partial charge in [-0.2, -0.15) is 0 Å². The quantitative estimate of drug-likeness (QED) is 0.465. The Labute approximate surface area is 159 Å². The second-order valence-electron chi connectivity index (χ2n) is 5.70. The number of fused-ring (bicyclic) bond motifs is 1. The van der Waals surface area contributed by atoms with Crippen molar-refractivity contribution in [1.82, 2.24) is 4.57 Å². The minimum absolute atomic E-state index is 0.0571. The molecule has 0 fully saturated rings. The van der Waals surface area contributed by atoms with Crippen molar-refractivity contribution in [2.75, 3.05) is 5.32 Å². The second kappa shape index (κ2) is 7.70. The zero-order valence-electron chi connectivity index (χ0n) is 13.8. The highest BCUT2D eigenvalue weighted by Crippen LogP contribution is 2.21. The van der Waals surface area contributed by atoms with E-state index in [0.29, 0.717) is 16.4 Å². The summed E-state index contributed by atoms with van der Waals surface area (Å²) >= 11 is 3.13. The summed E-state index contributed by atoms with van der Waals surface area (Å²) < 4.78 is 20.6. The molecule has 3 aromatic rings. The van der Waals surface area contributed by atoms with Crippen LogP contribution in [0.5, 0.6) is 0 Å². The summed E-state index contributed by atoms with van der Waals surface area (Å²) in [5, 5.41) is 13.2. The van der Waals surface area contributed by atoms with Crippen LogP contribution in [0.3, 0.4) is 0 Å². The third-order valence-corrected chi connectivity index (χ3v) is 4.35. The maximum absolute atomic E-state index is 13.7. The van der Waals surface area contributed by atoms with E-state index < -0.39 is 22.4 Å². The number of anilines is 1. The Hall–Kier alpha value is -3.01. The van der Waals surface area contributed by atoms with Crippen LogP contribution in [0.4, 0.5) is 15.8 Å². The minimum atomic E-state index is -0.662. The van der Waals surface area contributed by atoms with Gasteiger partial charge in [-0.05, 0) is 30.7 Å². The third-order valence-electron chi connectivity index (χ3n) is 3.85. The number of hydrogen-bond donors (Lipinski definition) is 1. The van der Waals surface area contributed by atoms with E-state index in [-0.39, 0.29) is 29.9 Å². The Morgan fingerprint density at radius 2 is 2.07 bits per heavy atom. The van der Waals surface area contributed by atoms with Crippen molar-refractivity contribution in [2.45, 2.75) is 19.4 Å². The number of nitro benzene ring substituents is 1. The number of non-ortho nitro benzene ring substituents is 1. The van der Waals surface area contributed by atoms with Crippen LogP contribution >= 0.6 is 15.9 Å². The van der Waals surface area contributed by atoms with Crippen LogP contribution in [0.25, 0.3) is 11.1 Å². The van der Waals surface area contributed by atoms with Crippen molar-refractivity contribution < 1.29 is 18.5 Å². The summed E-state index contributed by atoms with van der Waals surface area (Å²) in [6, 6.07) is 8.17. The average Bonchev–Trinajstić information content (AvgIpc) is 2.92. The molecule has 0 atom stereocenters. The molecular weight excluding hydrogens is 425 g/mol. The van der Waals surface area contributed by atoms with Crippen molar-refractivity contribution in [2.24, 2.45) is 0 Å². The number of nitrogens with one attached hydrogen (secondary N) is 1. The van der Waals surface area contributed by atoms with Gasteiger partial charge in [-0.3, -0.25) is 19.5 Å². The lowest BCUT2D eigenvalue weighted by Gasteiger charge is -2.07. The number of hydrogen-bond acceptors (Lipinski definition) is 5. The summed E-state index contributed by atoms with van der Waals surface area (Å²) in [5.41, 5.74) is 0.404. The van der Waals surface area contributed by atoms with Gasteiger partial charge in [-0.1, -0.05) is 15.9 Å². The number of carbonyl (C=O) groups excluding carboxylic acids is 1. The normalized spacial score (nSPS) is 10.9. The molecule has 0 aliphatic rings. The van der Waals surface area contributed by atoms with E-state index in [9.17, 15) is 24.1 Å². The van der Waals surface area contributed by atoms with E-state index in [4.69, 9.17) is 4.42 Å². The summed E-state index contributed by atoms with van der Waals surface area (Å²) in [6.07, 6.45) is 0.358. The molecule has 27 heavy (non-hydrogen) atoms. The highest BCUT2D eigenvalue weighted by molar-refractivity contribution is 9.10. The van der Waals surface area contributed by atoms with Gasteiger partial charge in [0.1, 0.15) is 5.82 Å². The summed E-state index contributed by atoms with van der Waals surface area (Å²) in [5.74, 6) is -1.62. The SMILES string of the molecule is O=C(CCCn1c(=O)oc2cc([N+](=O)[O-])ccc21)Nc1ccc(Br)cc1F. The fourth-order valence-corrected chi connectivity index (χ4v) is 2.91. The van der Waals surface area contributed by atoms with E-state index in [1.54, 1.807) is 6.07 Å². The van der Waals surface area contributed by atoms with Gasteiger partial charge in [0.05, 0.1) is 22.2 Å². The van der Waals surface area contributed by atoms with Crippen molar-refractivity contribution in [3.05, 3.63) is 67.4 Å². The molecule has 0 radical (unpaired) electrons. The number of nitro groups is 1. The first kappa shape index (κ1) is 18.8. The molecule has 1 heterocycles. The first-order valence-corrected chi connectivity index (χ1v) is 8.67. The molecule has 1 aromatic heterocycles. The Balaban J connectivity index is 1.65. The molecule has 140 valence electrons. The Morgan fingerprint density at radius 3 is 2.78 bits per heavy atom. The largest absolute Gasteiger partial charge is 0.419 e. The molecule has 0 unspecified atom stereocenters. The summed E-state index contributed by atoms with van der Waals surface area (Å²) in [4.78, 5) is 34.1. The highest BCUT2D eigenvalue weighted by Gasteiger charge is 2.14. The molecule has 8 nitrogen and oxygen atoms in total. The number of benzene rings is 2. The van der Waals surface area contributed by atoms with Crippen LogP contribution in [0, 0.1) is 15.9 Å². The smallest absolute Gasteiger partial charge is 0.407 e. The first-order chi connectivity index (χ1) is 12.8. The monoisotopic (exact) mass is 437 g/mol. The zero-order chi connectivity index (χ0) is 19.6. The summed E-state index contributed by atoms with van der Waals surface area (Å²) in [6.45, 7) is 0.180. The van der Waals surface area contributed by atoms with Crippen LogP contribution in [0.2, 0.25) is 0 Å². The van der Waals surface area contributed by atoms with Crippen LogP contribution in [-0.4, -0.2) is 15.4 Å². The maximum atomic E-state index is 13.7. The van der Waals surface area contributed by atoms with E-state index in [2.05, 4.69) is 21.2 Å². The van der Waals surface area contributed by atoms with Crippen LogP contribution in [0.1, 0.15) is 12.8 Å². The molecule has 3 rings (SSSR count). The Kier molecular flexibility index (Phi) is 5.36. The molecule has 1 N–H and O–H groups in total. The van der Waals surface area contributed by atoms with Gasteiger partial charge >= 0.3 is 5.76 Å². The number of aryl methyl sites for hydroxylation is 1. The predicted molar refractivity (Wildman–Crippen MR) is 99.1 cm³/mol. The molecule has 2 aromatic carbocycles. The molecule has 0 saturated carbocycles. The standard InChI is InChI=1S/C17H13BrFN3O5/c18-10-3-5-13(12(19)8-10)20-16(23)2-1-7-21-14-6-4-11(22(25)26)9-15(14)27-17(21)24/h3-6,8-9H,1-2,7H2,(H,20,23). The molecule has 1 amide bonds. The second-order valence-corrected chi connectivity index (χ2v) is 6.62. The number of aromatic nitrogens is 1.